The molecule has 0 radical (unpaired) electrons. The van der Waals surface area contributed by atoms with Gasteiger partial charge in [0.25, 0.3) is 11.8 Å². The van der Waals surface area contributed by atoms with Crippen molar-refractivity contribution >= 4 is 23.4 Å². The Balaban J connectivity index is 1.61. The van der Waals surface area contributed by atoms with Gasteiger partial charge in [-0.1, -0.05) is 11.6 Å². The maximum Gasteiger partial charge on any atom is 0.257 e. The number of benzene rings is 1. The Morgan fingerprint density at radius 3 is 2.52 bits per heavy atom. The molecule has 23 heavy (non-hydrogen) atoms. The quantitative estimate of drug-likeness (QED) is 0.826. The van der Waals surface area contributed by atoms with Gasteiger partial charge in [0, 0.05) is 37.8 Å². The molecule has 1 atom stereocenters. The van der Waals surface area contributed by atoms with Crippen molar-refractivity contribution in [3.05, 3.63) is 34.6 Å². The van der Waals surface area contributed by atoms with Crippen LogP contribution in [0, 0.1) is 5.82 Å². The highest BCUT2D eigenvalue weighted by Gasteiger charge is 2.32. The van der Waals surface area contributed by atoms with Crippen molar-refractivity contribution in [3.8, 4) is 0 Å². The number of nitrogens with zero attached hydrogens (tertiary/aromatic N) is 2. The first-order chi connectivity index (χ1) is 11.1. The second kappa shape index (κ2) is 6.84. The maximum atomic E-state index is 13.8. The van der Waals surface area contributed by atoms with Crippen LogP contribution in [0.3, 0.4) is 0 Å². The molecular weight excluding hydrogens is 323 g/mol. The maximum absolute atomic E-state index is 13.8. The highest BCUT2D eigenvalue weighted by molar-refractivity contribution is 6.31. The summed E-state index contributed by atoms with van der Waals surface area (Å²) in [4.78, 5) is 27.9. The third kappa shape index (κ3) is 3.48. The monoisotopic (exact) mass is 340 g/mol. The van der Waals surface area contributed by atoms with Gasteiger partial charge in [-0.05, 0) is 31.0 Å². The molecule has 0 aliphatic carbocycles. The molecular formula is C16H18ClFN2O3. The number of piperazine rings is 1. The van der Waals surface area contributed by atoms with Crippen LogP contribution < -0.4 is 0 Å². The molecule has 1 unspecified atom stereocenters. The summed E-state index contributed by atoms with van der Waals surface area (Å²) in [6.45, 7) is 2.26. The van der Waals surface area contributed by atoms with E-state index in [9.17, 15) is 14.0 Å². The molecule has 5 nitrogen and oxygen atoms in total. The summed E-state index contributed by atoms with van der Waals surface area (Å²) < 4.78 is 19.2. The number of ether oxygens (including phenoxy) is 1. The lowest BCUT2D eigenvalue weighted by molar-refractivity contribution is -0.142. The Morgan fingerprint density at radius 1 is 1.17 bits per heavy atom. The number of carbonyl (C=O) groups is 2. The summed E-state index contributed by atoms with van der Waals surface area (Å²) in [5, 5.41) is 0.321. The normalized spacial score (nSPS) is 21.6. The number of halogens is 2. The van der Waals surface area contributed by atoms with Crippen LogP contribution in [0.1, 0.15) is 23.2 Å². The van der Waals surface area contributed by atoms with Crippen molar-refractivity contribution in [2.45, 2.75) is 18.9 Å². The van der Waals surface area contributed by atoms with E-state index in [0.29, 0.717) is 37.8 Å². The number of carbonyl (C=O) groups excluding carboxylic acids is 2. The van der Waals surface area contributed by atoms with Crippen molar-refractivity contribution in [1.29, 1.82) is 0 Å². The molecule has 124 valence electrons. The van der Waals surface area contributed by atoms with E-state index in [1.165, 1.54) is 18.2 Å². The molecule has 2 fully saturated rings. The lowest BCUT2D eigenvalue weighted by atomic mass is 10.1. The zero-order valence-electron chi connectivity index (χ0n) is 12.6. The minimum atomic E-state index is -0.586. The van der Waals surface area contributed by atoms with Crippen LogP contribution in [0.5, 0.6) is 0 Å². The van der Waals surface area contributed by atoms with Crippen molar-refractivity contribution in [2.75, 3.05) is 32.8 Å². The molecule has 0 spiro atoms. The lowest BCUT2D eigenvalue weighted by Crippen LogP contribution is -2.52. The SMILES string of the molecule is O=C(c1cc(Cl)ccc1F)N1CCN(C(=O)C2CCCO2)CC1. The number of amides is 2. The molecule has 2 amide bonds. The first-order valence-electron chi connectivity index (χ1n) is 7.71. The molecule has 1 aromatic carbocycles. The molecule has 7 heteroatoms. The third-order valence-electron chi connectivity index (χ3n) is 4.24. The fraction of sp³-hybridized carbons (Fsp3) is 0.500. The van der Waals surface area contributed by atoms with Crippen molar-refractivity contribution in [2.24, 2.45) is 0 Å². The van der Waals surface area contributed by atoms with Gasteiger partial charge in [0.2, 0.25) is 0 Å². The van der Waals surface area contributed by atoms with Gasteiger partial charge in [-0.3, -0.25) is 9.59 Å². The van der Waals surface area contributed by atoms with Gasteiger partial charge in [-0.15, -0.1) is 0 Å². The summed E-state index contributed by atoms with van der Waals surface area (Å²) in [6, 6.07) is 3.93. The highest BCUT2D eigenvalue weighted by Crippen LogP contribution is 2.19. The predicted octanol–water partition coefficient (Wildman–Crippen LogP) is 1.94. The van der Waals surface area contributed by atoms with E-state index in [1.54, 1.807) is 9.80 Å². The van der Waals surface area contributed by atoms with Gasteiger partial charge in [0.05, 0.1) is 5.56 Å². The van der Waals surface area contributed by atoms with E-state index >= 15 is 0 Å². The second-order valence-electron chi connectivity index (χ2n) is 5.74. The summed E-state index contributed by atoms with van der Waals surface area (Å²) in [7, 11) is 0. The molecule has 0 aromatic heterocycles. The van der Waals surface area contributed by atoms with Crippen molar-refractivity contribution in [3.63, 3.8) is 0 Å². The Hall–Kier alpha value is -1.66. The standard InChI is InChI=1S/C16H18ClFN2O3/c17-11-3-4-13(18)12(10-11)15(21)19-5-7-20(8-6-19)16(22)14-2-1-9-23-14/h3-4,10,14H,1-2,5-9H2. The average Bonchev–Trinajstić information content (AvgIpc) is 3.10. The first kappa shape index (κ1) is 16.2. The van der Waals surface area contributed by atoms with Crippen LogP contribution in [0.2, 0.25) is 5.02 Å². The van der Waals surface area contributed by atoms with Crippen LogP contribution in [0.25, 0.3) is 0 Å². The average molecular weight is 341 g/mol. The van der Waals surface area contributed by atoms with E-state index in [2.05, 4.69) is 0 Å². The third-order valence-corrected chi connectivity index (χ3v) is 4.48. The van der Waals surface area contributed by atoms with Gasteiger partial charge in [-0.2, -0.15) is 0 Å². The zero-order valence-corrected chi connectivity index (χ0v) is 13.4. The van der Waals surface area contributed by atoms with Crippen molar-refractivity contribution < 1.29 is 18.7 Å². The smallest absolute Gasteiger partial charge is 0.257 e. The largest absolute Gasteiger partial charge is 0.368 e. The Bertz CT molecular complexity index is 611. The van der Waals surface area contributed by atoms with Crippen LogP contribution >= 0.6 is 11.6 Å². The molecule has 0 saturated carbocycles. The fourth-order valence-electron chi connectivity index (χ4n) is 2.94. The van der Waals surface area contributed by atoms with Gasteiger partial charge in [0.15, 0.2) is 0 Å². The van der Waals surface area contributed by atoms with Gasteiger partial charge in [0.1, 0.15) is 11.9 Å². The Labute approximate surface area is 138 Å². The van der Waals surface area contributed by atoms with Crippen LogP contribution in [-0.2, 0) is 9.53 Å². The summed E-state index contributed by atoms with van der Waals surface area (Å²) in [5.41, 5.74) is -0.0311. The molecule has 2 heterocycles. The number of hydrogen-bond acceptors (Lipinski definition) is 3. The summed E-state index contributed by atoms with van der Waals surface area (Å²) in [6.07, 6.45) is 1.32. The van der Waals surface area contributed by atoms with Gasteiger partial charge in [-0.25, -0.2) is 4.39 Å². The Kier molecular flexibility index (Phi) is 4.82. The molecule has 0 N–H and O–H groups in total. The number of rotatable bonds is 2. The topological polar surface area (TPSA) is 49.9 Å². The first-order valence-corrected chi connectivity index (χ1v) is 8.09. The van der Waals surface area contributed by atoms with E-state index in [-0.39, 0.29) is 17.6 Å². The highest BCUT2D eigenvalue weighted by atomic mass is 35.5. The molecule has 2 saturated heterocycles. The van der Waals surface area contributed by atoms with Gasteiger partial charge < -0.3 is 14.5 Å². The summed E-state index contributed by atoms with van der Waals surface area (Å²) >= 11 is 5.83. The number of hydrogen-bond donors (Lipinski definition) is 0. The van der Waals surface area contributed by atoms with Crippen LogP contribution in [0.15, 0.2) is 18.2 Å². The molecule has 0 bridgehead atoms. The lowest BCUT2D eigenvalue weighted by Gasteiger charge is -2.35. The van der Waals surface area contributed by atoms with Crippen LogP contribution in [-0.4, -0.2) is 60.5 Å². The molecule has 2 aliphatic rings. The predicted molar refractivity (Wildman–Crippen MR) is 82.9 cm³/mol. The van der Waals surface area contributed by atoms with E-state index in [4.69, 9.17) is 16.3 Å². The van der Waals surface area contributed by atoms with Crippen molar-refractivity contribution in [1.82, 2.24) is 9.80 Å². The van der Waals surface area contributed by atoms with E-state index in [0.717, 1.165) is 12.8 Å². The summed E-state index contributed by atoms with van der Waals surface area (Å²) in [5.74, 6) is -0.991. The minimum absolute atomic E-state index is 0.0106. The van der Waals surface area contributed by atoms with E-state index < -0.39 is 11.7 Å². The molecule has 2 aliphatic heterocycles. The molecule has 1 aromatic rings. The fourth-order valence-corrected chi connectivity index (χ4v) is 3.11. The zero-order chi connectivity index (χ0) is 16.4. The van der Waals surface area contributed by atoms with Crippen LogP contribution in [0.4, 0.5) is 4.39 Å². The Morgan fingerprint density at radius 2 is 1.87 bits per heavy atom. The van der Waals surface area contributed by atoms with E-state index in [1.807, 2.05) is 0 Å². The molecule has 3 rings (SSSR count). The second-order valence-corrected chi connectivity index (χ2v) is 6.18. The minimum Gasteiger partial charge on any atom is -0.368 e. The van der Waals surface area contributed by atoms with Gasteiger partial charge >= 0.3 is 0 Å².